The van der Waals surface area contributed by atoms with E-state index in [2.05, 4.69) is 9.97 Å². The third-order valence-corrected chi connectivity index (χ3v) is 5.22. The summed E-state index contributed by atoms with van der Waals surface area (Å²) in [6.07, 6.45) is 6.62. The Kier molecular flexibility index (Phi) is 7.31. The van der Waals surface area contributed by atoms with Gasteiger partial charge < -0.3 is 4.90 Å². The molecule has 3 aromatic rings. The summed E-state index contributed by atoms with van der Waals surface area (Å²) in [4.78, 5) is 34.4. The molecule has 0 spiro atoms. The van der Waals surface area contributed by atoms with Crippen LogP contribution in [0.4, 0.5) is 0 Å². The van der Waals surface area contributed by atoms with Crippen molar-refractivity contribution >= 4 is 23.3 Å². The molecular weight excluding hydrogens is 398 g/mol. The van der Waals surface area contributed by atoms with Crippen LogP contribution >= 0.6 is 11.6 Å². The molecule has 0 aliphatic heterocycles. The Hall–Kier alpha value is -3.05. The first-order valence-corrected chi connectivity index (χ1v) is 10.3. The van der Waals surface area contributed by atoms with Gasteiger partial charge in [0.15, 0.2) is 5.78 Å². The van der Waals surface area contributed by atoms with Crippen LogP contribution in [0.25, 0.3) is 11.3 Å². The highest BCUT2D eigenvalue weighted by Crippen LogP contribution is 2.28. The predicted octanol–water partition coefficient (Wildman–Crippen LogP) is 4.98. The van der Waals surface area contributed by atoms with Crippen LogP contribution in [0.5, 0.6) is 0 Å². The maximum absolute atomic E-state index is 12.4. The van der Waals surface area contributed by atoms with Gasteiger partial charge in [0.2, 0.25) is 5.91 Å². The summed E-state index contributed by atoms with van der Waals surface area (Å²) in [6.45, 7) is 2.35. The molecule has 0 radical (unpaired) electrons. The van der Waals surface area contributed by atoms with Gasteiger partial charge in [0.1, 0.15) is 0 Å². The van der Waals surface area contributed by atoms with Gasteiger partial charge in [-0.15, -0.1) is 0 Å². The molecule has 3 rings (SSSR count). The second-order valence-corrected chi connectivity index (χ2v) is 7.54. The zero-order valence-corrected chi connectivity index (χ0v) is 17.9. The molecule has 0 bridgehead atoms. The average Bonchev–Trinajstić information content (AvgIpc) is 2.78. The minimum atomic E-state index is 0.0444. The van der Waals surface area contributed by atoms with Gasteiger partial charge in [-0.3, -0.25) is 19.6 Å². The predicted molar refractivity (Wildman–Crippen MR) is 118 cm³/mol. The molecular formula is C24H24ClN3O2. The first-order chi connectivity index (χ1) is 14.5. The Balaban J connectivity index is 1.66. The quantitative estimate of drug-likeness (QED) is 0.481. The smallest absolute Gasteiger partial charge is 0.222 e. The lowest BCUT2D eigenvalue weighted by Gasteiger charge is -2.17. The topological polar surface area (TPSA) is 63.2 Å². The number of hydrogen-bond acceptors (Lipinski definition) is 4. The number of aryl methyl sites for hydroxylation is 1. The lowest BCUT2D eigenvalue weighted by atomic mass is 10.0. The number of rotatable bonds is 8. The maximum Gasteiger partial charge on any atom is 0.222 e. The van der Waals surface area contributed by atoms with E-state index in [0.717, 1.165) is 16.7 Å². The van der Waals surface area contributed by atoms with Crippen molar-refractivity contribution < 1.29 is 9.59 Å². The fourth-order valence-electron chi connectivity index (χ4n) is 3.16. The minimum absolute atomic E-state index is 0.0444. The Morgan fingerprint density at radius 2 is 1.90 bits per heavy atom. The minimum Gasteiger partial charge on any atom is -0.341 e. The molecule has 0 fully saturated rings. The molecule has 2 heterocycles. The van der Waals surface area contributed by atoms with Crippen LogP contribution in [0, 0.1) is 0 Å². The number of benzene rings is 1. The zero-order valence-electron chi connectivity index (χ0n) is 17.1. The van der Waals surface area contributed by atoms with Crippen LogP contribution in [-0.4, -0.2) is 33.6 Å². The lowest BCUT2D eigenvalue weighted by molar-refractivity contribution is -0.130. The molecule has 0 saturated carbocycles. The molecule has 0 aliphatic carbocycles. The van der Waals surface area contributed by atoms with Gasteiger partial charge in [0.25, 0.3) is 0 Å². The molecule has 5 nitrogen and oxygen atoms in total. The monoisotopic (exact) mass is 421 g/mol. The van der Waals surface area contributed by atoms with Crippen molar-refractivity contribution in [1.82, 2.24) is 14.9 Å². The molecule has 30 heavy (non-hydrogen) atoms. The van der Waals surface area contributed by atoms with Crippen LogP contribution in [0.1, 0.15) is 41.3 Å². The van der Waals surface area contributed by atoms with Crippen LogP contribution in [-0.2, 0) is 17.8 Å². The van der Waals surface area contributed by atoms with Gasteiger partial charge in [-0.05, 0) is 41.8 Å². The number of amides is 1. The first-order valence-electron chi connectivity index (χ1n) is 9.89. The van der Waals surface area contributed by atoms with Crippen molar-refractivity contribution in [3.8, 4) is 11.3 Å². The summed E-state index contributed by atoms with van der Waals surface area (Å²) < 4.78 is 0. The Morgan fingerprint density at radius 1 is 1.07 bits per heavy atom. The number of carbonyl (C=O) groups excluding carboxylic acids is 2. The summed E-state index contributed by atoms with van der Waals surface area (Å²) in [7, 11) is 1.78. The summed E-state index contributed by atoms with van der Waals surface area (Å²) in [5.41, 5.74) is 4.06. The van der Waals surface area contributed by atoms with Crippen LogP contribution in [0.2, 0.25) is 5.02 Å². The number of ketones is 1. The van der Waals surface area contributed by atoms with Gasteiger partial charge in [-0.2, -0.15) is 0 Å². The summed E-state index contributed by atoms with van der Waals surface area (Å²) in [5.74, 6) is 0.128. The van der Waals surface area contributed by atoms with E-state index in [0.29, 0.717) is 42.1 Å². The zero-order chi connectivity index (χ0) is 21.5. The number of pyridine rings is 2. The Bertz CT molecular complexity index is 1020. The van der Waals surface area contributed by atoms with E-state index in [4.69, 9.17) is 11.6 Å². The molecule has 0 unspecified atom stereocenters. The van der Waals surface area contributed by atoms with Gasteiger partial charge >= 0.3 is 0 Å². The van der Waals surface area contributed by atoms with Crippen LogP contribution in [0.3, 0.4) is 0 Å². The Morgan fingerprint density at radius 3 is 2.53 bits per heavy atom. The maximum atomic E-state index is 12.4. The van der Waals surface area contributed by atoms with Crippen molar-refractivity contribution in [3.63, 3.8) is 0 Å². The van der Waals surface area contributed by atoms with E-state index in [9.17, 15) is 9.59 Å². The van der Waals surface area contributed by atoms with Crippen molar-refractivity contribution in [2.24, 2.45) is 0 Å². The van der Waals surface area contributed by atoms with Gasteiger partial charge in [0.05, 0.1) is 10.7 Å². The standard InChI is InChI=1S/C24H24ClN3O2/c1-3-24(30)28(2)16-18-6-9-20(21(25)13-18)22-10-8-19(15-27-22)23(29)11-7-17-5-4-12-26-14-17/h4-6,8-10,12-15H,3,7,11,16H2,1-2H3. The highest BCUT2D eigenvalue weighted by molar-refractivity contribution is 6.33. The van der Waals surface area contributed by atoms with E-state index in [1.54, 1.807) is 36.6 Å². The molecule has 1 amide bonds. The second-order valence-electron chi connectivity index (χ2n) is 7.13. The SMILES string of the molecule is CCC(=O)N(C)Cc1ccc(-c2ccc(C(=O)CCc3cccnc3)cn2)c(Cl)c1. The second kappa shape index (κ2) is 10.1. The highest BCUT2D eigenvalue weighted by atomic mass is 35.5. The van der Waals surface area contributed by atoms with Gasteiger partial charge in [-0.1, -0.05) is 36.7 Å². The van der Waals surface area contributed by atoms with Gasteiger partial charge in [0, 0.05) is 56.2 Å². The number of aromatic nitrogens is 2. The third kappa shape index (κ3) is 5.51. The van der Waals surface area contributed by atoms with E-state index < -0.39 is 0 Å². The van der Waals surface area contributed by atoms with E-state index >= 15 is 0 Å². The van der Waals surface area contributed by atoms with Crippen molar-refractivity contribution in [2.45, 2.75) is 32.7 Å². The van der Waals surface area contributed by atoms with Crippen LogP contribution < -0.4 is 0 Å². The average molecular weight is 422 g/mol. The van der Waals surface area contributed by atoms with Crippen molar-refractivity contribution in [1.29, 1.82) is 0 Å². The molecule has 0 aliphatic rings. The number of hydrogen-bond donors (Lipinski definition) is 0. The number of Topliss-reactive ketones (excluding diaryl/α,β-unsaturated/α-hetero) is 1. The summed E-state index contributed by atoms with van der Waals surface area (Å²) in [6, 6.07) is 13.1. The third-order valence-electron chi connectivity index (χ3n) is 4.91. The first kappa shape index (κ1) is 21.7. The summed E-state index contributed by atoms with van der Waals surface area (Å²) in [5, 5.41) is 0.563. The normalized spacial score (nSPS) is 10.6. The van der Waals surface area contributed by atoms with E-state index in [1.165, 1.54) is 0 Å². The Labute approximate surface area is 181 Å². The molecule has 2 aromatic heterocycles. The van der Waals surface area contributed by atoms with Crippen molar-refractivity contribution in [2.75, 3.05) is 7.05 Å². The molecule has 0 N–H and O–H groups in total. The fourth-order valence-corrected chi connectivity index (χ4v) is 3.46. The fraction of sp³-hybridized carbons (Fsp3) is 0.250. The number of halogens is 1. The molecule has 0 atom stereocenters. The molecule has 6 heteroatoms. The number of nitrogens with zero attached hydrogens (tertiary/aromatic N) is 3. The van der Waals surface area contributed by atoms with Crippen molar-refractivity contribution in [3.05, 3.63) is 82.8 Å². The highest BCUT2D eigenvalue weighted by Gasteiger charge is 2.12. The van der Waals surface area contributed by atoms with Crippen LogP contribution in [0.15, 0.2) is 61.1 Å². The number of carbonyl (C=O) groups is 2. The summed E-state index contributed by atoms with van der Waals surface area (Å²) >= 11 is 6.46. The molecule has 1 aromatic carbocycles. The lowest BCUT2D eigenvalue weighted by Crippen LogP contribution is -2.25. The van der Waals surface area contributed by atoms with E-state index in [-0.39, 0.29) is 11.7 Å². The van der Waals surface area contributed by atoms with Gasteiger partial charge in [-0.25, -0.2) is 0 Å². The van der Waals surface area contributed by atoms with E-state index in [1.807, 2.05) is 43.3 Å². The molecule has 154 valence electrons. The largest absolute Gasteiger partial charge is 0.341 e. The molecule has 0 saturated heterocycles.